The van der Waals surface area contributed by atoms with Crippen LogP contribution >= 0.6 is 22.6 Å². The van der Waals surface area contributed by atoms with Crippen molar-refractivity contribution in [1.82, 2.24) is 4.90 Å². The molecule has 4 nitrogen and oxygen atoms in total. The second-order valence-electron chi connectivity index (χ2n) is 4.03. The van der Waals surface area contributed by atoms with E-state index in [4.69, 9.17) is 5.11 Å². The van der Waals surface area contributed by atoms with E-state index in [0.29, 0.717) is 6.54 Å². The number of rotatable bonds is 3. The van der Waals surface area contributed by atoms with Crippen LogP contribution in [0.1, 0.15) is 12.0 Å². The first-order valence-corrected chi connectivity index (χ1v) is 6.54. The minimum absolute atomic E-state index is 0.0827. The number of benzene rings is 1. The van der Waals surface area contributed by atoms with Crippen LogP contribution in [0.15, 0.2) is 30.3 Å². The van der Waals surface area contributed by atoms with Gasteiger partial charge < -0.3 is 10.0 Å². The number of nitrogens with zero attached hydrogens (tertiary/aromatic N) is 1. The monoisotopic (exact) mass is 345 g/mol. The number of likely N-dealkylation sites (tertiary alicyclic amines) is 1. The summed E-state index contributed by atoms with van der Waals surface area (Å²) in [5.41, 5.74) is 1.02. The van der Waals surface area contributed by atoms with Crippen molar-refractivity contribution < 1.29 is 14.7 Å². The second kappa shape index (κ2) is 5.03. The molecule has 1 aromatic carbocycles. The van der Waals surface area contributed by atoms with E-state index in [-0.39, 0.29) is 16.4 Å². The first kappa shape index (κ1) is 12.3. The molecule has 1 saturated heterocycles. The summed E-state index contributed by atoms with van der Waals surface area (Å²) in [7, 11) is 0. The number of carbonyl (C=O) groups is 2. The highest BCUT2D eigenvalue weighted by Gasteiger charge is 2.42. The van der Waals surface area contributed by atoms with Crippen molar-refractivity contribution in [3.8, 4) is 0 Å². The third kappa shape index (κ3) is 2.59. The maximum Gasteiger partial charge on any atom is 0.309 e. The molecule has 1 fully saturated rings. The Morgan fingerprint density at radius 3 is 2.59 bits per heavy atom. The molecular formula is C12H12INO3. The quantitative estimate of drug-likeness (QED) is 0.517. The molecule has 1 aliphatic heterocycles. The Bertz CT molecular complexity index is 435. The molecule has 1 aromatic rings. The summed E-state index contributed by atoms with van der Waals surface area (Å²) in [4.78, 5) is 24.4. The molecule has 0 bridgehead atoms. The molecule has 1 heterocycles. The predicted octanol–water partition coefficient (Wildman–Crippen LogP) is 1.88. The van der Waals surface area contributed by atoms with Gasteiger partial charge in [-0.1, -0.05) is 52.9 Å². The van der Waals surface area contributed by atoms with E-state index >= 15 is 0 Å². The van der Waals surface area contributed by atoms with Gasteiger partial charge in [0.1, 0.15) is 0 Å². The van der Waals surface area contributed by atoms with Crippen LogP contribution in [0.3, 0.4) is 0 Å². The first-order valence-electron chi connectivity index (χ1n) is 5.30. The van der Waals surface area contributed by atoms with E-state index in [1.807, 2.05) is 52.9 Å². The second-order valence-corrected chi connectivity index (χ2v) is 5.30. The van der Waals surface area contributed by atoms with Gasteiger partial charge in [0, 0.05) is 13.0 Å². The van der Waals surface area contributed by atoms with Gasteiger partial charge in [-0.3, -0.25) is 9.59 Å². The number of hydrogen-bond acceptors (Lipinski definition) is 2. The maximum absolute atomic E-state index is 11.8. The van der Waals surface area contributed by atoms with E-state index < -0.39 is 11.9 Å². The Balaban J connectivity index is 2.12. The number of alkyl halides is 1. The number of carbonyl (C=O) groups excluding carboxylic acids is 1. The third-order valence-corrected chi connectivity index (χ3v) is 4.40. The van der Waals surface area contributed by atoms with Crippen molar-refractivity contribution in [2.24, 2.45) is 5.92 Å². The molecule has 0 radical (unpaired) electrons. The standard InChI is InChI=1S/C12H12INO3/c13-11-9(12(16)17)6-10(15)14(11)7-8-4-2-1-3-5-8/h1-5,9,11H,6-7H2,(H,16,17). The Hall–Kier alpha value is -1.11. The van der Waals surface area contributed by atoms with E-state index in [9.17, 15) is 9.59 Å². The topological polar surface area (TPSA) is 57.6 Å². The minimum Gasteiger partial charge on any atom is -0.481 e. The van der Waals surface area contributed by atoms with Gasteiger partial charge in [-0.2, -0.15) is 0 Å². The number of hydrogen-bond donors (Lipinski definition) is 1. The van der Waals surface area contributed by atoms with Crippen molar-refractivity contribution in [1.29, 1.82) is 0 Å². The van der Waals surface area contributed by atoms with E-state index in [2.05, 4.69) is 0 Å². The molecule has 0 aromatic heterocycles. The summed E-state index contributed by atoms with van der Waals surface area (Å²) >= 11 is 2.04. The summed E-state index contributed by atoms with van der Waals surface area (Å²) < 4.78 is -0.266. The lowest BCUT2D eigenvalue weighted by atomic mass is 10.1. The summed E-state index contributed by atoms with van der Waals surface area (Å²) in [6.45, 7) is 0.483. The van der Waals surface area contributed by atoms with Crippen molar-refractivity contribution in [2.75, 3.05) is 0 Å². The van der Waals surface area contributed by atoms with Crippen LogP contribution in [-0.2, 0) is 16.1 Å². The van der Waals surface area contributed by atoms with E-state index in [0.717, 1.165) is 5.56 Å². The average Bonchev–Trinajstić information content (AvgIpc) is 2.58. The lowest BCUT2D eigenvalue weighted by Gasteiger charge is -2.21. The van der Waals surface area contributed by atoms with Crippen LogP contribution in [-0.4, -0.2) is 25.9 Å². The molecule has 0 aliphatic carbocycles. The lowest BCUT2D eigenvalue weighted by Crippen LogP contribution is -2.32. The van der Waals surface area contributed by atoms with Gasteiger partial charge in [0.15, 0.2) is 0 Å². The SMILES string of the molecule is O=C(O)C1CC(=O)N(Cc2ccccc2)C1I. The maximum atomic E-state index is 11.8. The summed E-state index contributed by atoms with van der Waals surface area (Å²) in [6, 6.07) is 9.60. The third-order valence-electron chi connectivity index (χ3n) is 2.86. The van der Waals surface area contributed by atoms with Crippen molar-refractivity contribution >= 4 is 34.5 Å². The normalized spacial score (nSPS) is 24.1. The summed E-state index contributed by atoms with van der Waals surface area (Å²) in [5, 5.41) is 9.00. The van der Waals surface area contributed by atoms with Crippen LogP contribution in [0.5, 0.6) is 0 Å². The smallest absolute Gasteiger partial charge is 0.309 e. The van der Waals surface area contributed by atoms with Gasteiger partial charge in [-0.25, -0.2) is 0 Å². The van der Waals surface area contributed by atoms with Gasteiger partial charge in [-0.05, 0) is 5.56 Å². The number of amides is 1. The molecule has 2 atom stereocenters. The molecular weight excluding hydrogens is 333 g/mol. The van der Waals surface area contributed by atoms with Gasteiger partial charge in [-0.15, -0.1) is 0 Å². The van der Waals surface area contributed by atoms with Gasteiger partial charge in [0.2, 0.25) is 5.91 Å². The fraction of sp³-hybridized carbons (Fsp3) is 0.333. The van der Waals surface area contributed by atoms with Crippen LogP contribution in [0.25, 0.3) is 0 Å². The molecule has 90 valence electrons. The zero-order chi connectivity index (χ0) is 12.4. The minimum atomic E-state index is -0.895. The lowest BCUT2D eigenvalue weighted by molar-refractivity contribution is -0.141. The molecule has 1 amide bonds. The fourth-order valence-corrected chi connectivity index (χ4v) is 2.99. The molecule has 2 rings (SSSR count). The number of carboxylic acids is 1. The molecule has 5 heteroatoms. The van der Waals surface area contributed by atoms with Crippen LogP contribution in [0, 0.1) is 5.92 Å². The molecule has 1 N–H and O–H groups in total. The largest absolute Gasteiger partial charge is 0.481 e. The Morgan fingerprint density at radius 2 is 2.06 bits per heavy atom. The number of halogens is 1. The van der Waals surface area contributed by atoms with E-state index in [1.165, 1.54) is 0 Å². The van der Waals surface area contributed by atoms with E-state index in [1.54, 1.807) is 4.90 Å². The zero-order valence-electron chi connectivity index (χ0n) is 9.04. The highest BCUT2D eigenvalue weighted by molar-refractivity contribution is 14.1. The summed E-state index contributed by atoms with van der Waals surface area (Å²) in [5.74, 6) is -1.57. The average molecular weight is 345 g/mol. The molecule has 0 spiro atoms. The van der Waals surface area contributed by atoms with Gasteiger partial charge in [0.25, 0.3) is 0 Å². The Kier molecular flexibility index (Phi) is 3.66. The van der Waals surface area contributed by atoms with Gasteiger partial charge >= 0.3 is 5.97 Å². The molecule has 1 aliphatic rings. The molecule has 17 heavy (non-hydrogen) atoms. The molecule has 0 saturated carbocycles. The fourth-order valence-electron chi connectivity index (χ4n) is 1.92. The number of carboxylic acid groups (broad SMARTS) is 1. The molecule has 2 unspecified atom stereocenters. The number of aliphatic carboxylic acids is 1. The Morgan fingerprint density at radius 1 is 1.41 bits per heavy atom. The highest BCUT2D eigenvalue weighted by atomic mass is 127. The zero-order valence-corrected chi connectivity index (χ0v) is 11.2. The van der Waals surface area contributed by atoms with Gasteiger partial charge in [0.05, 0.1) is 9.97 Å². The Labute approximate surface area is 113 Å². The summed E-state index contributed by atoms with van der Waals surface area (Å²) in [6.07, 6.45) is 0.107. The van der Waals surface area contributed by atoms with Crippen LogP contribution in [0.2, 0.25) is 0 Å². The predicted molar refractivity (Wildman–Crippen MR) is 70.5 cm³/mol. The van der Waals surface area contributed by atoms with Crippen molar-refractivity contribution in [3.63, 3.8) is 0 Å². The van der Waals surface area contributed by atoms with Crippen LogP contribution < -0.4 is 0 Å². The van der Waals surface area contributed by atoms with Crippen molar-refractivity contribution in [3.05, 3.63) is 35.9 Å². The van der Waals surface area contributed by atoms with Crippen molar-refractivity contribution in [2.45, 2.75) is 17.0 Å². The highest BCUT2D eigenvalue weighted by Crippen LogP contribution is 2.31. The van der Waals surface area contributed by atoms with Crippen LogP contribution in [0.4, 0.5) is 0 Å². The first-order chi connectivity index (χ1) is 8.09.